The van der Waals surface area contributed by atoms with Crippen molar-refractivity contribution in [3.05, 3.63) is 63.9 Å². The molecule has 6 heteroatoms. The third-order valence-corrected chi connectivity index (χ3v) is 5.20. The van der Waals surface area contributed by atoms with Crippen molar-refractivity contribution in [2.24, 2.45) is 0 Å². The molecule has 0 fully saturated rings. The van der Waals surface area contributed by atoms with E-state index in [1.807, 2.05) is 18.6 Å². The van der Waals surface area contributed by atoms with Gasteiger partial charge in [0.2, 0.25) is 0 Å². The Bertz CT molecular complexity index is 808. The van der Waals surface area contributed by atoms with Crippen LogP contribution >= 0.6 is 11.3 Å². The van der Waals surface area contributed by atoms with E-state index in [1.54, 1.807) is 11.3 Å². The molecule has 3 aromatic heterocycles. The third-order valence-electron chi connectivity index (χ3n) is 4.50. The number of nitrogens with one attached hydrogen (secondary N) is 1. The van der Waals surface area contributed by atoms with E-state index >= 15 is 0 Å². The second kappa shape index (κ2) is 6.45. The van der Waals surface area contributed by atoms with E-state index in [1.165, 1.54) is 11.3 Å². The molecule has 3 aromatic rings. The Kier molecular flexibility index (Phi) is 4.16. The molecule has 1 atom stereocenters. The number of imidazole rings is 1. The molecule has 4 rings (SSSR count). The highest BCUT2D eigenvalue weighted by atomic mass is 32.1. The van der Waals surface area contributed by atoms with Gasteiger partial charge in [-0.15, -0.1) is 0 Å². The molecule has 5 nitrogen and oxygen atoms in total. The Labute approximate surface area is 145 Å². The molecular formula is C18H21N5S. The van der Waals surface area contributed by atoms with Crippen molar-refractivity contribution in [3.63, 3.8) is 0 Å². The summed E-state index contributed by atoms with van der Waals surface area (Å²) in [5, 5.41) is 4.36. The summed E-state index contributed by atoms with van der Waals surface area (Å²) in [6, 6.07) is 4.42. The smallest absolute Gasteiger partial charge is 0.131 e. The van der Waals surface area contributed by atoms with Gasteiger partial charge in [0.25, 0.3) is 0 Å². The largest absolute Gasteiger partial charge is 0.348 e. The van der Waals surface area contributed by atoms with E-state index in [-0.39, 0.29) is 6.04 Å². The zero-order valence-corrected chi connectivity index (χ0v) is 14.8. The topological polar surface area (TPSA) is 57.7 Å². The maximum atomic E-state index is 4.75. The monoisotopic (exact) mass is 339 g/mol. The maximum Gasteiger partial charge on any atom is 0.131 e. The molecule has 0 aliphatic carbocycles. The van der Waals surface area contributed by atoms with E-state index in [4.69, 9.17) is 4.98 Å². The summed E-state index contributed by atoms with van der Waals surface area (Å²) >= 11 is 1.73. The lowest BCUT2D eigenvalue weighted by molar-refractivity contribution is 0.198. The molecule has 24 heavy (non-hydrogen) atoms. The van der Waals surface area contributed by atoms with Crippen molar-refractivity contribution in [3.8, 4) is 0 Å². The molecule has 124 valence electrons. The van der Waals surface area contributed by atoms with Crippen LogP contribution in [0.25, 0.3) is 0 Å². The number of aromatic amines is 1. The highest BCUT2D eigenvalue weighted by molar-refractivity contribution is 7.08. The fourth-order valence-corrected chi connectivity index (χ4v) is 3.96. The van der Waals surface area contributed by atoms with Gasteiger partial charge in [0.15, 0.2) is 0 Å². The van der Waals surface area contributed by atoms with Gasteiger partial charge in [-0.2, -0.15) is 11.3 Å². The summed E-state index contributed by atoms with van der Waals surface area (Å²) < 4.78 is 0. The predicted molar refractivity (Wildman–Crippen MR) is 95.0 cm³/mol. The normalized spacial score (nSPS) is 18.0. The standard InChI is InChI=1S/C18H21N5S/c1-12(2)18-19-6-3-14(22-18)9-23-7-4-15-16(21-11-20-15)17(23)13-5-8-24-10-13/h3,5-6,8,10-12,17H,4,7,9H2,1-2H3,(H,20,21)/t17-/m1/s1. The van der Waals surface area contributed by atoms with Crippen LogP contribution in [0.3, 0.4) is 0 Å². The molecule has 0 saturated heterocycles. The second-order valence-corrected chi connectivity index (χ2v) is 7.29. The number of H-pyrrole nitrogens is 1. The molecule has 0 amide bonds. The van der Waals surface area contributed by atoms with Crippen molar-refractivity contribution in [2.45, 2.75) is 38.8 Å². The molecule has 1 N–H and O–H groups in total. The minimum atomic E-state index is 0.198. The summed E-state index contributed by atoms with van der Waals surface area (Å²) in [6.45, 7) is 6.07. The van der Waals surface area contributed by atoms with Gasteiger partial charge in [-0.3, -0.25) is 4.90 Å². The summed E-state index contributed by atoms with van der Waals surface area (Å²) in [7, 11) is 0. The first kappa shape index (κ1) is 15.5. The molecule has 1 aliphatic rings. The number of nitrogens with zero attached hydrogens (tertiary/aromatic N) is 4. The summed E-state index contributed by atoms with van der Waals surface area (Å²) in [5.74, 6) is 1.26. The summed E-state index contributed by atoms with van der Waals surface area (Å²) in [6.07, 6.45) is 4.69. The van der Waals surface area contributed by atoms with Gasteiger partial charge in [0, 0.05) is 37.3 Å². The SMILES string of the molecule is CC(C)c1nccc(CN2CCc3[nH]cnc3[C@H]2c2ccsc2)n1. The van der Waals surface area contributed by atoms with Crippen LogP contribution in [-0.2, 0) is 13.0 Å². The second-order valence-electron chi connectivity index (χ2n) is 6.51. The van der Waals surface area contributed by atoms with Gasteiger partial charge >= 0.3 is 0 Å². The number of hydrogen-bond acceptors (Lipinski definition) is 5. The van der Waals surface area contributed by atoms with E-state index in [2.05, 4.69) is 50.5 Å². The van der Waals surface area contributed by atoms with Gasteiger partial charge in [0.05, 0.1) is 23.8 Å². The molecule has 0 unspecified atom stereocenters. The van der Waals surface area contributed by atoms with Crippen LogP contribution in [0.15, 0.2) is 35.4 Å². The zero-order chi connectivity index (χ0) is 16.5. The molecule has 0 saturated carbocycles. The summed E-state index contributed by atoms with van der Waals surface area (Å²) in [4.78, 5) is 19.5. The van der Waals surface area contributed by atoms with Gasteiger partial charge < -0.3 is 4.98 Å². The van der Waals surface area contributed by atoms with Gasteiger partial charge in [0.1, 0.15) is 5.82 Å². The highest BCUT2D eigenvalue weighted by Gasteiger charge is 2.31. The van der Waals surface area contributed by atoms with Gasteiger partial charge in [-0.1, -0.05) is 13.8 Å². The average molecular weight is 339 g/mol. The van der Waals surface area contributed by atoms with Gasteiger partial charge in [-0.25, -0.2) is 15.0 Å². The van der Waals surface area contributed by atoms with Crippen molar-refractivity contribution < 1.29 is 0 Å². The van der Waals surface area contributed by atoms with E-state index in [9.17, 15) is 0 Å². The third kappa shape index (κ3) is 2.87. The minimum absolute atomic E-state index is 0.198. The maximum absolute atomic E-state index is 4.75. The predicted octanol–water partition coefficient (Wildman–Crippen LogP) is 3.53. The van der Waals surface area contributed by atoms with Crippen LogP contribution in [0.2, 0.25) is 0 Å². The Morgan fingerprint density at radius 2 is 2.25 bits per heavy atom. The molecule has 1 aliphatic heterocycles. The van der Waals surface area contributed by atoms with Crippen LogP contribution in [0, 0.1) is 0 Å². The molecule has 0 bridgehead atoms. The summed E-state index contributed by atoms with van der Waals surface area (Å²) in [5.41, 5.74) is 4.80. The lowest BCUT2D eigenvalue weighted by Crippen LogP contribution is -2.36. The first-order chi connectivity index (χ1) is 11.7. The Morgan fingerprint density at radius 3 is 3.04 bits per heavy atom. The fraction of sp³-hybridized carbons (Fsp3) is 0.389. The van der Waals surface area contributed by atoms with E-state index < -0.39 is 0 Å². The van der Waals surface area contributed by atoms with Crippen molar-refractivity contribution in [2.75, 3.05) is 6.54 Å². The molecule has 4 heterocycles. The quantitative estimate of drug-likeness (QED) is 0.790. The Morgan fingerprint density at radius 1 is 1.33 bits per heavy atom. The average Bonchev–Trinajstić information content (AvgIpc) is 3.26. The Balaban J connectivity index is 1.66. The Hall–Kier alpha value is -2.05. The van der Waals surface area contributed by atoms with Crippen LogP contribution < -0.4 is 0 Å². The number of hydrogen-bond donors (Lipinski definition) is 1. The molecular weight excluding hydrogens is 318 g/mol. The van der Waals surface area contributed by atoms with E-state index in [0.29, 0.717) is 5.92 Å². The number of fused-ring (bicyclic) bond motifs is 1. The lowest BCUT2D eigenvalue weighted by atomic mass is 9.97. The minimum Gasteiger partial charge on any atom is -0.348 e. The fourth-order valence-electron chi connectivity index (χ4n) is 3.28. The van der Waals surface area contributed by atoms with Gasteiger partial charge in [-0.05, 0) is 28.5 Å². The van der Waals surface area contributed by atoms with Crippen molar-refractivity contribution in [1.82, 2.24) is 24.8 Å². The highest BCUT2D eigenvalue weighted by Crippen LogP contribution is 2.35. The molecule has 0 radical (unpaired) electrons. The van der Waals surface area contributed by atoms with Crippen LogP contribution in [-0.4, -0.2) is 31.4 Å². The van der Waals surface area contributed by atoms with Crippen LogP contribution in [0.4, 0.5) is 0 Å². The van der Waals surface area contributed by atoms with E-state index in [0.717, 1.165) is 36.7 Å². The zero-order valence-electron chi connectivity index (χ0n) is 13.9. The number of thiophene rings is 1. The first-order valence-electron chi connectivity index (χ1n) is 8.32. The first-order valence-corrected chi connectivity index (χ1v) is 9.26. The molecule has 0 aromatic carbocycles. The number of rotatable bonds is 4. The molecule has 0 spiro atoms. The van der Waals surface area contributed by atoms with Crippen LogP contribution in [0.5, 0.6) is 0 Å². The van der Waals surface area contributed by atoms with Crippen molar-refractivity contribution >= 4 is 11.3 Å². The lowest BCUT2D eigenvalue weighted by Gasteiger charge is -2.34. The number of aromatic nitrogens is 4. The van der Waals surface area contributed by atoms with Crippen LogP contribution in [0.1, 0.15) is 54.3 Å². The van der Waals surface area contributed by atoms with Crippen molar-refractivity contribution in [1.29, 1.82) is 0 Å².